The molecular formula is C16H25N. The van der Waals surface area contributed by atoms with Gasteiger partial charge in [0.15, 0.2) is 0 Å². The minimum atomic E-state index is 0.183. The minimum Gasteiger partial charge on any atom is -0.324 e. The van der Waals surface area contributed by atoms with E-state index in [0.29, 0.717) is 11.8 Å². The molecule has 1 nitrogen and oxygen atoms in total. The lowest BCUT2D eigenvalue weighted by Crippen LogP contribution is -2.23. The smallest absolute Gasteiger partial charge is 0.0323 e. The molecule has 0 aliphatic heterocycles. The number of aryl methyl sites for hydroxylation is 2. The predicted octanol–water partition coefficient (Wildman–Crippen LogP) is 3.86. The molecule has 1 aromatic rings. The Hall–Kier alpha value is -0.820. The molecule has 94 valence electrons. The molecule has 1 aliphatic rings. The van der Waals surface area contributed by atoms with Crippen LogP contribution in [0.1, 0.15) is 56.3 Å². The summed E-state index contributed by atoms with van der Waals surface area (Å²) in [5.74, 6) is 1.18. The van der Waals surface area contributed by atoms with Gasteiger partial charge in [0.25, 0.3) is 0 Å². The van der Waals surface area contributed by atoms with Crippen LogP contribution >= 0.6 is 0 Å². The van der Waals surface area contributed by atoms with Crippen molar-refractivity contribution in [3.63, 3.8) is 0 Å². The zero-order chi connectivity index (χ0) is 12.4. The van der Waals surface area contributed by atoms with E-state index in [-0.39, 0.29) is 6.04 Å². The summed E-state index contributed by atoms with van der Waals surface area (Å²) in [4.78, 5) is 0. The number of nitrogens with two attached hydrogens (primary N) is 1. The average molecular weight is 231 g/mol. The van der Waals surface area contributed by atoms with E-state index in [4.69, 9.17) is 5.73 Å². The Bertz CT molecular complexity index is 381. The quantitative estimate of drug-likeness (QED) is 0.840. The Morgan fingerprint density at radius 3 is 2.29 bits per heavy atom. The maximum atomic E-state index is 6.37. The first kappa shape index (κ1) is 12.6. The first-order chi connectivity index (χ1) is 8.09. The van der Waals surface area contributed by atoms with Crippen LogP contribution in [0.2, 0.25) is 0 Å². The van der Waals surface area contributed by atoms with Crippen molar-refractivity contribution in [2.75, 3.05) is 0 Å². The molecule has 0 radical (unpaired) electrons. The van der Waals surface area contributed by atoms with Crippen molar-refractivity contribution in [2.45, 2.75) is 52.5 Å². The Morgan fingerprint density at radius 1 is 1.00 bits per heavy atom. The highest BCUT2D eigenvalue weighted by atomic mass is 14.6. The predicted molar refractivity (Wildman–Crippen MR) is 74.0 cm³/mol. The average Bonchev–Trinajstić information content (AvgIpc) is 2.36. The standard InChI is InChI=1S/C16H25N/c1-11(2)12(3)16(17)15-9-8-13-6-4-5-7-14(13)10-15/h8-12,16H,4-7,17H2,1-3H3. The first-order valence-electron chi connectivity index (χ1n) is 6.97. The lowest BCUT2D eigenvalue weighted by Gasteiger charge is -2.25. The third-order valence-corrected chi connectivity index (χ3v) is 4.38. The van der Waals surface area contributed by atoms with Crippen LogP contribution in [0.3, 0.4) is 0 Å². The van der Waals surface area contributed by atoms with E-state index in [1.807, 2.05) is 0 Å². The van der Waals surface area contributed by atoms with E-state index in [2.05, 4.69) is 39.0 Å². The van der Waals surface area contributed by atoms with Crippen molar-refractivity contribution in [1.82, 2.24) is 0 Å². The minimum absolute atomic E-state index is 0.183. The van der Waals surface area contributed by atoms with Gasteiger partial charge in [0.05, 0.1) is 0 Å². The number of hydrogen-bond acceptors (Lipinski definition) is 1. The van der Waals surface area contributed by atoms with Crippen molar-refractivity contribution >= 4 is 0 Å². The van der Waals surface area contributed by atoms with Crippen LogP contribution in [0.4, 0.5) is 0 Å². The number of hydrogen-bond donors (Lipinski definition) is 1. The van der Waals surface area contributed by atoms with Crippen molar-refractivity contribution in [3.8, 4) is 0 Å². The fraction of sp³-hybridized carbons (Fsp3) is 0.625. The van der Waals surface area contributed by atoms with Crippen LogP contribution in [-0.2, 0) is 12.8 Å². The summed E-state index contributed by atoms with van der Waals surface area (Å²) in [6.45, 7) is 6.76. The molecule has 0 aromatic heterocycles. The highest BCUT2D eigenvalue weighted by molar-refractivity contribution is 5.35. The van der Waals surface area contributed by atoms with Crippen LogP contribution in [-0.4, -0.2) is 0 Å². The molecule has 0 heterocycles. The molecule has 1 aromatic carbocycles. The Morgan fingerprint density at radius 2 is 1.65 bits per heavy atom. The summed E-state index contributed by atoms with van der Waals surface area (Å²) in [5.41, 5.74) is 10.8. The molecule has 2 N–H and O–H groups in total. The van der Waals surface area contributed by atoms with E-state index in [0.717, 1.165) is 0 Å². The monoisotopic (exact) mass is 231 g/mol. The molecule has 0 fully saturated rings. The van der Waals surface area contributed by atoms with Crippen LogP contribution in [0.5, 0.6) is 0 Å². The Balaban J connectivity index is 2.21. The van der Waals surface area contributed by atoms with E-state index in [1.54, 1.807) is 11.1 Å². The lowest BCUT2D eigenvalue weighted by molar-refractivity contribution is 0.352. The summed E-state index contributed by atoms with van der Waals surface area (Å²) in [5, 5.41) is 0. The molecule has 2 rings (SSSR count). The lowest BCUT2D eigenvalue weighted by atomic mass is 9.83. The zero-order valence-electron chi connectivity index (χ0n) is 11.4. The van der Waals surface area contributed by atoms with Gasteiger partial charge in [-0.1, -0.05) is 39.0 Å². The fourth-order valence-electron chi connectivity index (χ4n) is 2.68. The van der Waals surface area contributed by atoms with E-state index < -0.39 is 0 Å². The van der Waals surface area contributed by atoms with Gasteiger partial charge in [0.2, 0.25) is 0 Å². The molecule has 1 heteroatoms. The zero-order valence-corrected chi connectivity index (χ0v) is 11.4. The highest BCUT2D eigenvalue weighted by Crippen LogP contribution is 2.29. The normalized spacial score (nSPS) is 18.9. The van der Waals surface area contributed by atoms with Gasteiger partial charge < -0.3 is 5.73 Å². The number of benzene rings is 1. The van der Waals surface area contributed by atoms with Gasteiger partial charge in [0.1, 0.15) is 0 Å². The summed E-state index contributed by atoms with van der Waals surface area (Å²) in [6.07, 6.45) is 5.18. The third kappa shape index (κ3) is 2.71. The molecule has 0 amide bonds. The molecule has 17 heavy (non-hydrogen) atoms. The van der Waals surface area contributed by atoms with Crippen LogP contribution in [0.25, 0.3) is 0 Å². The van der Waals surface area contributed by atoms with Crippen molar-refractivity contribution in [1.29, 1.82) is 0 Å². The van der Waals surface area contributed by atoms with Gasteiger partial charge in [0, 0.05) is 6.04 Å². The summed E-state index contributed by atoms with van der Waals surface area (Å²) in [6, 6.07) is 7.09. The topological polar surface area (TPSA) is 26.0 Å². The molecular weight excluding hydrogens is 206 g/mol. The highest BCUT2D eigenvalue weighted by Gasteiger charge is 2.19. The second-order valence-corrected chi connectivity index (χ2v) is 5.86. The van der Waals surface area contributed by atoms with Crippen LogP contribution < -0.4 is 5.73 Å². The summed E-state index contributed by atoms with van der Waals surface area (Å²) < 4.78 is 0. The van der Waals surface area contributed by atoms with Gasteiger partial charge in [-0.15, -0.1) is 0 Å². The second-order valence-electron chi connectivity index (χ2n) is 5.86. The van der Waals surface area contributed by atoms with Crippen LogP contribution in [0, 0.1) is 11.8 Å². The maximum Gasteiger partial charge on any atom is 0.0323 e. The van der Waals surface area contributed by atoms with Gasteiger partial charge in [-0.05, 0) is 54.2 Å². The van der Waals surface area contributed by atoms with Gasteiger partial charge in [-0.3, -0.25) is 0 Å². The SMILES string of the molecule is CC(C)C(C)C(N)c1ccc2c(c1)CCCC2. The van der Waals surface area contributed by atoms with E-state index >= 15 is 0 Å². The van der Waals surface area contributed by atoms with Crippen molar-refractivity contribution < 1.29 is 0 Å². The van der Waals surface area contributed by atoms with Crippen molar-refractivity contribution in [2.24, 2.45) is 17.6 Å². The summed E-state index contributed by atoms with van der Waals surface area (Å²) >= 11 is 0. The van der Waals surface area contributed by atoms with Crippen molar-refractivity contribution in [3.05, 3.63) is 34.9 Å². The molecule has 0 saturated heterocycles. The molecule has 2 unspecified atom stereocenters. The largest absolute Gasteiger partial charge is 0.324 e. The fourth-order valence-corrected chi connectivity index (χ4v) is 2.68. The molecule has 0 bridgehead atoms. The summed E-state index contributed by atoms with van der Waals surface area (Å²) in [7, 11) is 0. The van der Waals surface area contributed by atoms with Gasteiger partial charge in [-0.25, -0.2) is 0 Å². The third-order valence-electron chi connectivity index (χ3n) is 4.38. The Kier molecular flexibility index (Phi) is 3.88. The van der Waals surface area contributed by atoms with Gasteiger partial charge in [-0.2, -0.15) is 0 Å². The number of rotatable bonds is 3. The van der Waals surface area contributed by atoms with Crippen LogP contribution in [0.15, 0.2) is 18.2 Å². The molecule has 1 aliphatic carbocycles. The Labute approximate surface area is 105 Å². The molecule has 0 saturated carbocycles. The molecule has 2 atom stereocenters. The number of fused-ring (bicyclic) bond motifs is 1. The first-order valence-corrected chi connectivity index (χ1v) is 6.97. The van der Waals surface area contributed by atoms with Gasteiger partial charge >= 0.3 is 0 Å². The van der Waals surface area contributed by atoms with E-state index in [1.165, 1.54) is 31.2 Å². The maximum absolute atomic E-state index is 6.37. The van der Waals surface area contributed by atoms with E-state index in [9.17, 15) is 0 Å². The second kappa shape index (κ2) is 5.22. The molecule has 0 spiro atoms.